The summed E-state index contributed by atoms with van der Waals surface area (Å²) in [6.07, 6.45) is 1.60. The number of nitrogens with zero attached hydrogens (tertiary/aromatic N) is 1. The van der Waals surface area contributed by atoms with Crippen molar-refractivity contribution in [2.24, 2.45) is 5.92 Å². The molecule has 100 valence electrons. The van der Waals surface area contributed by atoms with Gasteiger partial charge in [0, 0.05) is 18.2 Å². The summed E-state index contributed by atoms with van der Waals surface area (Å²) >= 11 is 9.35. The van der Waals surface area contributed by atoms with Crippen LogP contribution >= 0.6 is 24.2 Å². The van der Waals surface area contributed by atoms with Crippen molar-refractivity contribution in [1.82, 2.24) is 4.90 Å². The average Bonchev–Trinajstić information content (AvgIpc) is 2.30. The van der Waals surface area contributed by atoms with Crippen LogP contribution in [0.25, 0.3) is 0 Å². The van der Waals surface area contributed by atoms with E-state index in [2.05, 4.69) is 12.6 Å². The van der Waals surface area contributed by atoms with Crippen molar-refractivity contribution in [1.29, 1.82) is 0 Å². The molecule has 0 saturated carbocycles. The minimum Gasteiger partial charge on any atom is -0.381 e. The van der Waals surface area contributed by atoms with Gasteiger partial charge >= 0.3 is 0 Å². The molecule has 6 heteroatoms. The average molecular weight is 282 g/mol. The van der Waals surface area contributed by atoms with E-state index in [0.717, 1.165) is 11.3 Å². The number of hydrogen-bond acceptors (Lipinski definition) is 4. The molecule has 0 aliphatic heterocycles. The van der Waals surface area contributed by atoms with Crippen LogP contribution in [0.15, 0.2) is 0 Å². The number of imide groups is 1. The molecule has 0 saturated heterocycles. The summed E-state index contributed by atoms with van der Waals surface area (Å²) in [5.41, 5.74) is -1.00. The second-order valence-electron chi connectivity index (χ2n) is 3.91. The predicted octanol–water partition coefficient (Wildman–Crippen LogP) is 1.65. The zero-order valence-corrected chi connectivity index (χ0v) is 11.9. The van der Waals surface area contributed by atoms with E-state index in [9.17, 15) is 14.7 Å². The highest BCUT2D eigenvalue weighted by atomic mass is 35.5. The van der Waals surface area contributed by atoms with E-state index in [1.165, 1.54) is 0 Å². The van der Waals surface area contributed by atoms with E-state index in [-0.39, 0.29) is 30.7 Å². The second kappa shape index (κ2) is 8.78. The lowest BCUT2D eigenvalue weighted by atomic mass is 10.0. The van der Waals surface area contributed by atoms with Gasteiger partial charge < -0.3 is 5.11 Å². The first-order chi connectivity index (χ1) is 7.93. The number of thiol groups is 1. The van der Waals surface area contributed by atoms with Crippen molar-refractivity contribution in [3.63, 3.8) is 0 Å². The molecule has 0 bridgehead atoms. The van der Waals surface area contributed by atoms with Gasteiger partial charge in [-0.05, 0) is 12.8 Å². The van der Waals surface area contributed by atoms with Gasteiger partial charge in [0.1, 0.15) is 5.44 Å². The van der Waals surface area contributed by atoms with Gasteiger partial charge in [-0.3, -0.25) is 14.5 Å². The minimum atomic E-state index is -1.00. The molecule has 0 aliphatic rings. The normalized spacial score (nSPS) is 14.2. The lowest BCUT2D eigenvalue weighted by Gasteiger charge is -2.24. The fraction of sp³-hybridized carbons (Fsp3) is 0.818. The van der Waals surface area contributed by atoms with Gasteiger partial charge in [0.05, 0.1) is 6.54 Å². The van der Waals surface area contributed by atoms with E-state index in [0.29, 0.717) is 12.3 Å². The van der Waals surface area contributed by atoms with Gasteiger partial charge in [-0.1, -0.05) is 13.8 Å². The molecule has 2 amide bonds. The number of halogens is 1. The Hall–Kier alpha value is -0.260. The molecule has 0 spiro atoms. The molecule has 0 aliphatic carbocycles. The third-order valence-electron chi connectivity index (χ3n) is 2.41. The maximum Gasteiger partial charge on any atom is 0.232 e. The van der Waals surface area contributed by atoms with Crippen molar-refractivity contribution in [3.05, 3.63) is 0 Å². The number of hydrogen-bond donors (Lipinski definition) is 2. The number of aliphatic hydroxyl groups excluding tert-OH is 1. The van der Waals surface area contributed by atoms with E-state index in [1.807, 2.05) is 0 Å². The molecule has 1 N–H and O–H groups in total. The van der Waals surface area contributed by atoms with Crippen molar-refractivity contribution < 1.29 is 14.7 Å². The van der Waals surface area contributed by atoms with Crippen LogP contribution in [0.2, 0.25) is 0 Å². The third kappa shape index (κ3) is 6.29. The Morgan fingerprint density at radius 3 is 2.47 bits per heavy atom. The van der Waals surface area contributed by atoms with Crippen LogP contribution in [0.1, 0.15) is 33.1 Å². The van der Waals surface area contributed by atoms with Gasteiger partial charge in [0.25, 0.3) is 0 Å². The van der Waals surface area contributed by atoms with Crippen LogP contribution in [0, 0.1) is 5.92 Å². The van der Waals surface area contributed by atoms with E-state index >= 15 is 0 Å². The molecule has 2 atom stereocenters. The van der Waals surface area contributed by atoms with Crippen LogP contribution in [0.4, 0.5) is 0 Å². The van der Waals surface area contributed by atoms with Gasteiger partial charge in [0.15, 0.2) is 0 Å². The smallest absolute Gasteiger partial charge is 0.232 e. The summed E-state index contributed by atoms with van der Waals surface area (Å²) in [6, 6.07) is 0. The topological polar surface area (TPSA) is 57.6 Å². The van der Waals surface area contributed by atoms with Crippen molar-refractivity contribution >= 4 is 36.0 Å². The Morgan fingerprint density at radius 1 is 1.47 bits per heavy atom. The molecule has 0 aromatic heterocycles. The second-order valence-corrected chi connectivity index (χ2v) is 4.88. The van der Waals surface area contributed by atoms with Crippen molar-refractivity contribution in [2.75, 3.05) is 12.4 Å². The van der Waals surface area contributed by atoms with Gasteiger partial charge in [-0.15, -0.1) is 24.2 Å². The maximum atomic E-state index is 12.0. The summed E-state index contributed by atoms with van der Waals surface area (Å²) in [5.74, 6) is -0.332. The Balaban J connectivity index is 4.56. The van der Waals surface area contributed by atoms with Crippen molar-refractivity contribution in [3.8, 4) is 0 Å². The molecular formula is C11H20ClNO3S. The molecular weight excluding hydrogens is 262 g/mol. The first-order valence-corrected chi connectivity index (χ1v) is 6.75. The van der Waals surface area contributed by atoms with E-state index < -0.39 is 5.44 Å². The Kier molecular flexibility index (Phi) is 8.64. The summed E-state index contributed by atoms with van der Waals surface area (Å²) in [4.78, 5) is 24.7. The molecule has 0 heterocycles. The Morgan fingerprint density at radius 2 is 2.06 bits per heavy atom. The molecule has 0 rings (SSSR count). The number of amides is 2. The van der Waals surface area contributed by atoms with Crippen LogP contribution in [-0.4, -0.2) is 39.7 Å². The summed E-state index contributed by atoms with van der Waals surface area (Å²) in [5, 5.41) is 9.17. The molecule has 17 heavy (non-hydrogen) atoms. The van der Waals surface area contributed by atoms with E-state index in [1.54, 1.807) is 13.8 Å². The van der Waals surface area contributed by atoms with Crippen LogP contribution in [0.5, 0.6) is 0 Å². The minimum absolute atomic E-state index is 0.0696. The Labute approximate surface area is 113 Å². The van der Waals surface area contributed by atoms with Gasteiger partial charge in [-0.25, -0.2) is 0 Å². The predicted molar refractivity (Wildman–Crippen MR) is 71.1 cm³/mol. The molecule has 0 unspecified atom stereocenters. The van der Waals surface area contributed by atoms with Crippen molar-refractivity contribution in [2.45, 2.75) is 38.5 Å². The maximum absolute atomic E-state index is 12.0. The fourth-order valence-corrected chi connectivity index (χ4v) is 1.76. The monoisotopic (exact) mass is 281 g/mol. The number of alkyl halides is 1. The summed E-state index contributed by atoms with van der Waals surface area (Å²) < 4.78 is 0. The largest absolute Gasteiger partial charge is 0.381 e. The van der Waals surface area contributed by atoms with Crippen LogP contribution in [0.3, 0.4) is 0 Å². The summed E-state index contributed by atoms with van der Waals surface area (Å²) in [7, 11) is 0. The molecule has 4 nitrogen and oxygen atoms in total. The number of rotatable bonds is 7. The Bertz CT molecular complexity index is 261. The number of aliphatic hydroxyl groups is 1. The highest BCUT2D eigenvalue weighted by Crippen LogP contribution is 2.12. The van der Waals surface area contributed by atoms with Gasteiger partial charge in [-0.2, -0.15) is 0 Å². The van der Waals surface area contributed by atoms with Gasteiger partial charge in [0.2, 0.25) is 11.8 Å². The van der Waals surface area contributed by atoms with E-state index in [4.69, 9.17) is 11.6 Å². The van der Waals surface area contributed by atoms with Crippen LogP contribution in [-0.2, 0) is 9.59 Å². The fourth-order valence-electron chi connectivity index (χ4n) is 1.44. The lowest BCUT2D eigenvalue weighted by Crippen LogP contribution is -2.43. The van der Waals surface area contributed by atoms with Crippen LogP contribution < -0.4 is 0 Å². The standard InChI is InChI=1S/C11H20ClNO3S/c1-3-9(14)13(7-10(15)17)11(16)8(2)5-4-6-12/h8,10,15,17H,3-7H2,1-2H3/t8-,10+/m0/s1. The molecule has 0 aromatic carbocycles. The molecule has 0 fully saturated rings. The third-order valence-corrected chi connectivity index (χ3v) is 2.84. The first-order valence-electron chi connectivity index (χ1n) is 5.70. The lowest BCUT2D eigenvalue weighted by molar-refractivity contribution is -0.148. The first kappa shape index (κ1) is 16.7. The zero-order valence-electron chi connectivity index (χ0n) is 10.2. The highest BCUT2D eigenvalue weighted by molar-refractivity contribution is 7.80. The number of carbonyl (C=O) groups excluding carboxylic acids is 2. The highest BCUT2D eigenvalue weighted by Gasteiger charge is 2.25. The molecule has 0 aromatic rings. The number of carbonyl (C=O) groups is 2. The SMILES string of the molecule is CCC(=O)N(C[C@H](O)S)C(=O)[C@@H](C)CCCCl. The quantitative estimate of drug-likeness (QED) is 0.424. The molecule has 0 radical (unpaired) electrons. The zero-order chi connectivity index (χ0) is 13.4. The summed E-state index contributed by atoms with van der Waals surface area (Å²) in [6.45, 7) is 3.37.